The smallest absolute Gasteiger partial charge is 0.326 e. The molecule has 4 unspecified atom stereocenters. The summed E-state index contributed by atoms with van der Waals surface area (Å²) >= 11 is 0. The van der Waals surface area contributed by atoms with E-state index in [-0.39, 0.29) is 37.7 Å². The van der Waals surface area contributed by atoms with Gasteiger partial charge in [-0.05, 0) is 29.9 Å². The van der Waals surface area contributed by atoms with Gasteiger partial charge < -0.3 is 38.3 Å². The number of carboxylic acid groups (broad SMARTS) is 1. The first kappa shape index (κ1) is 32.8. The van der Waals surface area contributed by atoms with Crippen molar-refractivity contribution >= 4 is 29.7 Å². The molecule has 4 atom stereocenters. The highest BCUT2D eigenvalue weighted by molar-refractivity contribution is 5.94. The van der Waals surface area contributed by atoms with Crippen LogP contribution in [0.3, 0.4) is 0 Å². The number of aliphatic carboxylic acids is 1. The number of carboxylic acids is 1. The zero-order valence-corrected chi connectivity index (χ0v) is 23.5. The first-order valence-corrected chi connectivity index (χ1v) is 13.5. The number of rotatable bonds is 16. The molecule has 2 aromatic carbocycles. The van der Waals surface area contributed by atoms with Gasteiger partial charge in [0.1, 0.15) is 18.1 Å². The minimum atomic E-state index is -1.22. The number of aliphatic imine (C=N–C) groups is 1. The molecule has 0 spiro atoms. The fourth-order valence-corrected chi connectivity index (χ4v) is 4.00. The van der Waals surface area contributed by atoms with Gasteiger partial charge in [-0.25, -0.2) is 4.79 Å². The highest BCUT2D eigenvalue weighted by Gasteiger charge is 2.31. The van der Waals surface area contributed by atoms with Gasteiger partial charge in [0.25, 0.3) is 0 Å². The Morgan fingerprint density at radius 1 is 0.756 bits per heavy atom. The van der Waals surface area contributed by atoms with Crippen LogP contribution >= 0.6 is 0 Å². The van der Waals surface area contributed by atoms with Crippen molar-refractivity contribution in [3.05, 3.63) is 71.8 Å². The number of carbonyl (C=O) groups excluding carboxylic acids is 3. The molecular formula is C29H41N7O5. The number of hydrogen-bond acceptors (Lipinski definition) is 6. The van der Waals surface area contributed by atoms with Crippen LogP contribution in [0.4, 0.5) is 0 Å². The molecule has 0 saturated carbocycles. The quantitative estimate of drug-likeness (QED) is 0.0833. The molecule has 0 aliphatic heterocycles. The normalized spacial score (nSPS) is 13.8. The Morgan fingerprint density at radius 3 is 1.71 bits per heavy atom. The van der Waals surface area contributed by atoms with Crippen molar-refractivity contribution in [2.24, 2.45) is 28.1 Å². The summed E-state index contributed by atoms with van der Waals surface area (Å²) < 4.78 is 0. The van der Waals surface area contributed by atoms with Crippen LogP contribution in [0.15, 0.2) is 65.7 Å². The first-order valence-electron chi connectivity index (χ1n) is 13.5. The maximum absolute atomic E-state index is 13.5. The van der Waals surface area contributed by atoms with Crippen LogP contribution in [0.5, 0.6) is 0 Å². The van der Waals surface area contributed by atoms with Gasteiger partial charge in [-0.3, -0.25) is 19.4 Å². The summed E-state index contributed by atoms with van der Waals surface area (Å²) in [7, 11) is 0. The molecule has 12 heteroatoms. The maximum Gasteiger partial charge on any atom is 0.326 e. The van der Waals surface area contributed by atoms with E-state index in [0.29, 0.717) is 6.42 Å². The Balaban J connectivity index is 2.26. The molecule has 3 amide bonds. The van der Waals surface area contributed by atoms with E-state index in [1.165, 1.54) is 0 Å². The number of amides is 3. The highest BCUT2D eigenvalue weighted by atomic mass is 16.4. The van der Waals surface area contributed by atoms with Crippen molar-refractivity contribution in [3.63, 3.8) is 0 Å². The summed E-state index contributed by atoms with van der Waals surface area (Å²) in [6.45, 7) is 3.80. The van der Waals surface area contributed by atoms with Crippen LogP contribution < -0.4 is 33.2 Å². The third-order valence-corrected chi connectivity index (χ3v) is 6.41. The Kier molecular flexibility index (Phi) is 13.3. The van der Waals surface area contributed by atoms with Crippen LogP contribution in [-0.2, 0) is 32.0 Å². The minimum Gasteiger partial charge on any atom is -0.480 e. The molecule has 0 bridgehead atoms. The summed E-state index contributed by atoms with van der Waals surface area (Å²) in [6, 6.07) is 13.7. The molecule has 2 aromatic rings. The highest BCUT2D eigenvalue weighted by Crippen LogP contribution is 2.09. The van der Waals surface area contributed by atoms with Gasteiger partial charge in [-0.1, -0.05) is 74.5 Å². The first-order chi connectivity index (χ1) is 19.5. The number of benzene rings is 2. The summed E-state index contributed by atoms with van der Waals surface area (Å²) in [5.41, 5.74) is 18.2. The lowest BCUT2D eigenvalue weighted by atomic mass is 10.0. The Morgan fingerprint density at radius 2 is 1.22 bits per heavy atom. The van der Waals surface area contributed by atoms with Gasteiger partial charge in [0.2, 0.25) is 17.7 Å². The molecule has 0 heterocycles. The van der Waals surface area contributed by atoms with Crippen LogP contribution in [0, 0.1) is 5.92 Å². The van der Waals surface area contributed by atoms with Gasteiger partial charge >= 0.3 is 5.97 Å². The number of hydrogen-bond donors (Lipinski definition) is 7. The molecule has 12 nitrogen and oxygen atoms in total. The molecule has 41 heavy (non-hydrogen) atoms. The van der Waals surface area contributed by atoms with Crippen molar-refractivity contribution in [2.75, 3.05) is 6.54 Å². The molecule has 0 radical (unpaired) electrons. The lowest BCUT2D eigenvalue weighted by molar-refractivity contribution is -0.142. The van der Waals surface area contributed by atoms with Gasteiger partial charge in [-0.2, -0.15) is 0 Å². The molecular weight excluding hydrogens is 526 g/mol. The summed E-state index contributed by atoms with van der Waals surface area (Å²) in [6.07, 6.45) is 0.687. The predicted molar refractivity (Wildman–Crippen MR) is 156 cm³/mol. The zero-order chi connectivity index (χ0) is 30.4. The van der Waals surface area contributed by atoms with E-state index in [2.05, 4.69) is 20.9 Å². The van der Waals surface area contributed by atoms with Crippen LogP contribution in [0.25, 0.3) is 0 Å². The zero-order valence-electron chi connectivity index (χ0n) is 23.5. The molecule has 0 fully saturated rings. The molecule has 0 saturated heterocycles. The number of nitrogens with two attached hydrogens (primary N) is 3. The Labute approximate surface area is 240 Å². The van der Waals surface area contributed by atoms with Gasteiger partial charge in [0.15, 0.2) is 5.96 Å². The average Bonchev–Trinajstić information content (AvgIpc) is 2.94. The molecule has 10 N–H and O–H groups in total. The fourth-order valence-electron chi connectivity index (χ4n) is 4.00. The Bertz CT molecular complexity index is 1170. The number of guanidine groups is 1. The standard InChI is InChI=1S/C29H41N7O5/c1-18(2)24(30)27(39)34-21(14-9-15-33-29(31)32)25(37)35-22(16-19-10-5-3-6-11-19)26(38)36-23(28(40)41)17-20-12-7-4-8-13-20/h3-8,10-13,18,21-24H,9,14-17,30H2,1-2H3,(H,34,39)(H,35,37)(H,36,38)(H,40,41)(H4,31,32,33). The van der Waals surface area contributed by atoms with Gasteiger partial charge in [-0.15, -0.1) is 0 Å². The number of nitrogens with one attached hydrogen (secondary N) is 3. The van der Waals surface area contributed by atoms with Crippen LogP contribution in [0.1, 0.15) is 37.8 Å². The van der Waals surface area contributed by atoms with Crippen LogP contribution in [-0.4, -0.2) is 65.5 Å². The molecule has 2 rings (SSSR count). The van der Waals surface area contributed by atoms with E-state index < -0.39 is 47.9 Å². The summed E-state index contributed by atoms with van der Waals surface area (Å²) in [5.74, 6) is -3.28. The van der Waals surface area contributed by atoms with E-state index in [9.17, 15) is 24.3 Å². The predicted octanol–water partition coefficient (Wildman–Crippen LogP) is 0.0477. The fraction of sp³-hybridized carbons (Fsp3) is 0.414. The van der Waals surface area contributed by atoms with Gasteiger partial charge in [0.05, 0.1) is 6.04 Å². The monoisotopic (exact) mass is 567 g/mol. The second-order valence-electron chi connectivity index (χ2n) is 10.1. The van der Waals surface area contributed by atoms with Crippen molar-refractivity contribution in [3.8, 4) is 0 Å². The third kappa shape index (κ3) is 11.7. The third-order valence-electron chi connectivity index (χ3n) is 6.41. The Hall–Kier alpha value is -4.45. The molecule has 0 aromatic heterocycles. The average molecular weight is 568 g/mol. The second kappa shape index (κ2) is 16.6. The SMILES string of the molecule is CC(C)C(N)C(=O)NC(CCCN=C(N)N)C(=O)NC(Cc1ccccc1)C(=O)NC(Cc1ccccc1)C(=O)O. The molecule has 0 aliphatic rings. The number of nitrogens with zero attached hydrogens (tertiary/aromatic N) is 1. The number of carbonyl (C=O) groups is 4. The molecule has 222 valence electrons. The van der Waals surface area contributed by atoms with E-state index in [4.69, 9.17) is 17.2 Å². The van der Waals surface area contributed by atoms with Crippen LogP contribution in [0.2, 0.25) is 0 Å². The van der Waals surface area contributed by atoms with E-state index in [0.717, 1.165) is 11.1 Å². The summed E-state index contributed by atoms with van der Waals surface area (Å²) in [4.78, 5) is 55.5. The lowest BCUT2D eigenvalue weighted by Gasteiger charge is -2.26. The van der Waals surface area contributed by atoms with Gasteiger partial charge in [0, 0.05) is 19.4 Å². The molecule has 0 aliphatic carbocycles. The lowest BCUT2D eigenvalue weighted by Crippen LogP contribution is -2.58. The summed E-state index contributed by atoms with van der Waals surface area (Å²) in [5, 5.41) is 17.7. The van der Waals surface area contributed by atoms with Crippen molar-refractivity contribution in [1.29, 1.82) is 0 Å². The maximum atomic E-state index is 13.5. The van der Waals surface area contributed by atoms with E-state index >= 15 is 0 Å². The topological polar surface area (TPSA) is 215 Å². The van der Waals surface area contributed by atoms with Crippen molar-refractivity contribution in [2.45, 2.75) is 63.7 Å². The van der Waals surface area contributed by atoms with E-state index in [1.54, 1.807) is 62.4 Å². The van der Waals surface area contributed by atoms with E-state index in [1.807, 2.05) is 12.1 Å². The minimum absolute atomic E-state index is 0.0600. The van der Waals surface area contributed by atoms with Crippen molar-refractivity contribution < 1.29 is 24.3 Å². The van der Waals surface area contributed by atoms with Crippen molar-refractivity contribution in [1.82, 2.24) is 16.0 Å². The largest absolute Gasteiger partial charge is 0.480 e. The second-order valence-corrected chi connectivity index (χ2v) is 10.1.